The number of amidine groups is 1. The van der Waals surface area contributed by atoms with Gasteiger partial charge in [0.05, 0.1) is 17.6 Å². The topological polar surface area (TPSA) is 36.9 Å². The van der Waals surface area contributed by atoms with E-state index in [1.54, 1.807) is 5.01 Å². The lowest BCUT2D eigenvalue weighted by atomic mass is 10.2. The SMILES string of the molecule is C1=C(c2ccccc2)OC2=Nc3ccccc3NN12. The lowest BCUT2D eigenvalue weighted by molar-refractivity contribution is 0.462. The Balaban J connectivity index is 1.71. The van der Waals surface area contributed by atoms with Gasteiger partial charge in [-0.1, -0.05) is 42.5 Å². The summed E-state index contributed by atoms with van der Waals surface area (Å²) >= 11 is 0. The zero-order valence-corrected chi connectivity index (χ0v) is 10.1. The average Bonchev–Trinajstić information content (AvgIpc) is 2.88. The second-order valence-corrected chi connectivity index (χ2v) is 4.35. The molecule has 4 heteroatoms. The van der Waals surface area contributed by atoms with Crippen LogP contribution in [-0.2, 0) is 4.74 Å². The molecule has 0 saturated heterocycles. The van der Waals surface area contributed by atoms with Crippen molar-refractivity contribution in [2.24, 2.45) is 4.99 Å². The molecular formula is C15H11N3O. The number of rotatable bonds is 1. The predicted octanol–water partition coefficient (Wildman–Crippen LogP) is 3.35. The quantitative estimate of drug-likeness (QED) is 0.842. The molecule has 19 heavy (non-hydrogen) atoms. The molecule has 2 heterocycles. The second-order valence-electron chi connectivity index (χ2n) is 4.35. The third kappa shape index (κ3) is 1.65. The minimum Gasteiger partial charge on any atom is -0.422 e. The molecule has 2 aliphatic rings. The monoisotopic (exact) mass is 249 g/mol. The molecule has 0 atom stereocenters. The molecule has 0 fully saturated rings. The van der Waals surface area contributed by atoms with Gasteiger partial charge in [0.25, 0.3) is 0 Å². The van der Waals surface area contributed by atoms with Crippen molar-refractivity contribution in [1.82, 2.24) is 5.01 Å². The van der Waals surface area contributed by atoms with Crippen molar-refractivity contribution >= 4 is 23.2 Å². The first-order valence-corrected chi connectivity index (χ1v) is 6.09. The Morgan fingerprint density at radius 1 is 0.947 bits per heavy atom. The normalized spacial score (nSPS) is 15.7. The number of nitrogens with one attached hydrogen (secondary N) is 1. The summed E-state index contributed by atoms with van der Waals surface area (Å²) in [7, 11) is 0. The number of hydrogen-bond donors (Lipinski definition) is 1. The number of para-hydroxylation sites is 2. The molecule has 0 bridgehead atoms. The van der Waals surface area contributed by atoms with Crippen LogP contribution in [0.2, 0.25) is 0 Å². The Morgan fingerprint density at radius 2 is 1.74 bits per heavy atom. The van der Waals surface area contributed by atoms with Crippen molar-refractivity contribution < 1.29 is 4.74 Å². The number of ether oxygens (including phenoxy) is 1. The van der Waals surface area contributed by atoms with Gasteiger partial charge in [0.2, 0.25) is 0 Å². The van der Waals surface area contributed by atoms with Gasteiger partial charge in [-0.3, -0.25) is 5.43 Å². The molecule has 92 valence electrons. The molecule has 0 radical (unpaired) electrons. The van der Waals surface area contributed by atoms with Gasteiger partial charge in [-0.15, -0.1) is 0 Å². The fourth-order valence-electron chi connectivity index (χ4n) is 2.14. The summed E-state index contributed by atoms with van der Waals surface area (Å²) in [5.41, 5.74) is 6.15. The van der Waals surface area contributed by atoms with E-state index in [1.807, 2.05) is 60.8 Å². The highest BCUT2D eigenvalue weighted by molar-refractivity contribution is 5.93. The van der Waals surface area contributed by atoms with Crippen LogP contribution in [0, 0.1) is 0 Å². The Kier molecular flexibility index (Phi) is 2.08. The van der Waals surface area contributed by atoms with Crippen LogP contribution in [0.15, 0.2) is 65.8 Å². The minimum atomic E-state index is 0.553. The van der Waals surface area contributed by atoms with Crippen LogP contribution in [0.3, 0.4) is 0 Å². The van der Waals surface area contributed by atoms with Crippen molar-refractivity contribution in [3.05, 3.63) is 66.4 Å². The van der Waals surface area contributed by atoms with E-state index < -0.39 is 0 Å². The summed E-state index contributed by atoms with van der Waals surface area (Å²) in [5, 5.41) is 1.80. The van der Waals surface area contributed by atoms with Crippen LogP contribution in [0.5, 0.6) is 0 Å². The lowest BCUT2D eigenvalue weighted by Gasteiger charge is -2.22. The average molecular weight is 249 g/mol. The van der Waals surface area contributed by atoms with Gasteiger partial charge < -0.3 is 4.74 Å². The highest BCUT2D eigenvalue weighted by Gasteiger charge is 2.27. The van der Waals surface area contributed by atoms with Crippen molar-refractivity contribution in [2.75, 3.05) is 5.43 Å². The van der Waals surface area contributed by atoms with Crippen LogP contribution in [-0.4, -0.2) is 11.0 Å². The van der Waals surface area contributed by atoms with Crippen molar-refractivity contribution in [3.63, 3.8) is 0 Å². The number of benzene rings is 2. The van der Waals surface area contributed by atoms with Crippen molar-refractivity contribution in [2.45, 2.75) is 0 Å². The fraction of sp³-hybridized carbons (Fsp3) is 0. The molecule has 0 unspecified atom stereocenters. The fourth-order valence-corrected chi connectivity index (χ4v) is 2.14. The third-order valence-corrected chi connectivity index (χ3v) is 3.07. The van der Waals surface area contributed by atoms with Gasteiger partial charge in [-0.2, -0.15) is 4.99 Å². The van der Waals surface area contributed by atoms with Gasteiger partial charge in [0, 0.05) is 5.56 Å². The molecule has 4 rings (SSSR count). The van der Waals surface area contributed by atoms with Crippen LogP contribution >= 0.6 is 0 Å². The summed E-state index contributed by atoms with van der Waals surface area (Å²) in [6.07, 6.45) is 1.91. The van der Waals surface area contributed by atoms with E-state index in [9.17, 15) is 0 Å². The van der Waals surface area contributed by atoms with Gasteiger partial charge >= 0.3 is 6.02 Å². The zero-order chi connectivity index (χ0) is 12.7. The summed E-state index contributed by atoms with van der Waals surface area (Å²) in [6, 6.07) is 18.4. The summed E-state index contributed by atoms with van der Waals surface area (Å²) in [6.45, 7) is 0. The Hall–Kier alpha value is -2.75. The molecule has 0 aromatic heterocycles. The Morgan fingerprint density at radius 3 is 2.63 bits per heavy atom. The standard InChI is InChI=1S/C15H11N3O/c1-2-6-11(7-3-1)14-10-18-15(19-14)16-12-8-4-5-9-13(12)17-18/h1-10,17H. The predicted molar refractivity (Wildman–Crippen MR) is 74.5 cm³/mol. The molecule has 1 N–H and O–H groups in total. The molecule has 0 amide bonds. The van der Waals surface area contributed by atoms with Crippen molar-refractivity contribution in [1.29, 1.82) is 0 Å². The van der Waals surface area contributed by atoms with E-state index in [0.29, 0.717) is 6.02 Å². The number of aliphatic imine (C=N–C) groups is 1. The van der Waals surface area contributed by atoms with E-state index in [1.165, 1.54) is 0 Å². The Labute approximate surface area is 110 Å². The van der Waals surface area contributed by atoms with Gasteiger partial charge in [-0.05, 0) is 12.1 Å². The first-order chi connectivity index (χ1) is 9.40. The highest BCUT2D eigenvalue weighted by Crippen LogP contribution is 2.33. The molecule has 0 saturated carbocycles. The van der Waals surface area contributed by atoms with E-state index in [2.05, 4.69) is 10.4 Å². The smallest absolute Gasteiger partial charge is 0.322 e. The van der Waals surface area contributed by atoms with E-state index >= 15 is 0 Å². The number of nitrogens with zero attached hydrogens (tertiary/aromatic N) is 2. The van der Waals surface area contributed by atoms with E-state index in [0.717, 1.165) is 22.7 Å². The summed E-state index contributed by atoms with van der Waals surface area (Å²) in [5.74, 6) is 0.791. The Bertz CT molecular complexity index is 692. The van der Waals surface area contributed by atoms with Gasteiger partial charge in [0.15, 0.2) is 5.76 Å². The van der Waals surface area contributed by atoms with Crippen LogP contribution in [0.1, 0.15) is 5.56 Å². The van der Waals surface area contributed by atoms with E-state index in [4.69, 9.17) is 4.74 Å². The maximum atomic E-state index is 5.78. The number of hydrazine groups is 1. The first kappa shape index (κ1) is 10.2. The van der Waals surface area contributed by atoms with E-state index in [-0.39, 0.29) is 0 Å². The molecule has 2 aromatic carbocycles. The molecule has 0 aliphatic carbocycles. The molecule has 0 spiro atoms. The first-order valence-electron chi connectivity index (χ1n) is 6.09. The highest BCUT2D eigenvalue weighted by atomic mass is 16.5. The molecule has 2 aromatic rings. The zero-order valence-electron chi connectivity index (χ0n) is 10.1. The molecular weight excluding hydrogens is 238 g/mol. The van der Waals surface area contributed by atoms with Crippen LogP contribution in [0.4, 0.5) is 11.4 Å². The minimum absolute atomic E-state index is 0.553. The second kappa shape index (κ2) is 3.88. The summed E-state index contributed by atoms with van der Waals surface area (Å²) in [4.78, 5) is 4.49. The van der Waals surface area contributed by atoms with Crippen LogP contribution < -0.4 is 5.43 Å². The lowest BCUT2D eigenvalue weighted by Crippen LogP contribution is -2.30. The van der Waals surface area contributed by atoms with Crippen LogP contribution in [0.25, 0.3) is 5.76 Å². The number of anilines is 1. The number of hydrogen-bond acceptors (Lipinski definition) is 4. The van der Waals surface area contributed by atoms with Gasteiger partial charge in [0.1, 0.15) is 0 Å². The maximum Gasteiger partial charge on any atom is 0.322 e. The molecule has 4 nitrogen and oxygen atoms in total. The van der Waals surface area contributed by atoms with Gasteiger partial charge in [-0.25, -0.2) is 5.01 Å². The third-order valence-electron chi connectivity index (χ3n) is 3.07. The number of fused-ring (bicyclic) bond motifs is 2. The molecule has 2 aliphatic heterocycles. The van der Waals surface area contributed by atoms with Crippen molar-refractivity contribution in [3.8, 4) is 0 Å². The maximum absolute atomic E-state index is 5.78. The largest absolute Gasteiger partial charge is 0.422 e. The summed E-state index contributed by atoms with van der Waals surface area (Å²) < 4.78 is 5.78.